The number of aromatic hydroxyl groups is 2. The summed E-state index contributed by atoms with van der Waals surface area (Å²) in [5.74, 6) is 1.32. The molecular weight excluding hydrogens is 328 g/mol. The summed E-state index contributed by atoms with van der Waals surface area (Å²) < 4.78 is 5.37. The summed E-state index contributed by atoms with van der Waals surface area (Å²) in [5, 5.41) is 29.0. The van der Waals surface area contributed by atoms with E-state index in [-0.39, 0.29) is 18.1 Å². The maximum atomic E-state index is 9.84. The molecule has 0 saturated heterocycles. The minimum absolute atomic E-state index is 0.0332. The van der Waals surface area contributed by atoms with E-state index in [0.29, 0.717) is 11.5 Å². The van der Waals surface area contributed by atoms with Crippen LogP contribution < -0.4 is 4.74 Å². The Hall–Kier alpha value is -2.46. The molecule has 26 heavy (non-hydrogen) atoms. The van der Waals surface area contributed by atoms with Gasteiger partial charge in [0, 0.05) is 11.1 Å². The monoisotopic (exact) mass is 356 g/mol. The van der Waals surface area contributed by atoms with Crippen molar-refractivity contribution < 1.29 is 20.1 Å². The van der Waals surface area contributed by atoms with Gasteiger partial charge in [-0.25, -0.2) is 0 Å². The predicted molar refractivity (Wildman–Crippen MR) is 105 cm³/mol. The average Bonchev–Trinajstić information content (AvgIpc) is 2.61. The number of methoxy groups -OCH3 is 1. The lowest BCUT2D eigenvalue weighted by Gasteiger charge is -2.18. The molecule has 0 aliphatic heterocycles. The van der Waals surface area contributed by atoms with E-state index in [2.05, 4.69) is 13.8 Å². The molecule has 140 valence electrons. The number of aliphatic hydroxyl groups excluding tert-OH is 1. The van der Waals surface area contributed by atoms with Crippen molar-refractivity contribution in [2.24, 2.45) is 5.92 Å². The van der Waals surface area contributed by atoms with Crippen molar-refractivity contribution in [3.05, 3.63) is 58.2 Å². The first-order chi connectivity index (χ1) is 12.4. The summed E-state index contributed by atoms with van der Waals surface area (Å²) in [6, 6.07) is 6.48. The first kappa shape index (κ1) is 19.9. The minimum Gasteiger partial charge on any atom is -0.508 e. The second-order valence-corrected chi connectivity index (χ2v) is 6.75. The highest BCUT2D eigenvalue weighted by molar-refractivity contribution is 5.59. The lowest BCUT2D eigenvalue weighted by Crippen LogP contribution is -2.04. The fourth-order valence-corrected chi connectivity index (χ4v) is 3.21. The van der Waals surface area contributed by atoms with Crippen LogP contribution in [0.5, 0.6) is 17.2 Å². The predicted octanol–water partition coefficient (Wildman–Crippen LogP) is 4.50. The second kappa shape index (κ2) is 8.77. The molecule has 0 bridgehead atoms. The number of hydrogen-bond acceptors (Lipinski definition) is 4. The van der Waals surface area contributed by atoms with Crippen LogP contribution in [-0.2, 0) is 13.0 Å². The molecule has 0 aliphatic rings. The Kier molecular flexibility index (Phi) is 6.70. The Labute approximate surface area is 155 Å². The molecule has 2 rings (SSSR count). The van der Waals surface area contributed by atoms with Gasteiger partial charge < -0.3 is 20.1 Å². The van der Waals surface area contributed by atoms with E-state index in [1.54, 1.807) is 13.2 Å². The summed E-state index contributed by atoms with van der Waals surface area (Å²) in [5.41, 5.74) is 4.96. The molecule has 0 heterocycles. The summed E-state index contributed by atoms with van der Waals surface area (Å²) in [6.45, 7) is 6.19. The number of hydrogen-bond donors (Lipinski definition) is 3. The Morgan fingerprint density at radius 3 is 2.50 bits per heavy atom. The molecule has 0 saturated carbocycles. The molecule has 0 aliphatic carbocycles. The van der Waals surface area contributed by atoms with Crippen LogP contribution in [0, 0.1) is 19.8 Å². The largest absolute Gasteiger partial charge is 0.508 e. The normalized spacial score (nSPS) is 12.5. The molecular formula is C22H28O4. The van der Waals surface area contributed by atoms with Crippen LogP contribution in [0.4, 0.5) is 0 Å². The molecule has 0 spiro atoms. The third-order valence-corrected chi connectivity index (χ3v) is 4.87. The highest BCUT2D eigenvalue weighted by Crippen LogP contribution is 2.30. The van der Waals surface area contributed by atoms with Crippen molar-refractivity contribution in [2.45, 2.75) is 40.2 Å². The van der Waals surface area contributed by atoms with Crippen LogP contribution in [0.15, 0.2) is 30.3 Å². The van der Waals surface area contributed by atoms with Crippen LogP contribution in [-0.4, -0.2) is 22.4 Å². The maximum Gasteiger partial charge on any atom is 0.124 e. The van der Waals surface area contributed by atoms with Gasteiger partial charge in [-0.2, -0.15) is 0 Å². The van der Waals surface area contributed by atoms with Gasteiger partial charge in [0.1, 0.15) is 17.2 Å². The molecule has 0 amide bonds. The second-order valence-electron chi connectivity index (χ2n) is 6.75. The van der Waals surface area contributed by atoms with Gasteiger partial charge in [0.25, 0.3) is 0 Å². The lowest BCUT2D eigenvalue weighted by atomic mass is 9.91. The van der Waals surface area contributed by atoms with E-state index in [1.807, 2.05) is 25.1 Å². The van der Waals surface area contributed by atoms with Gasteiger partial charge in [0.15, 0.2) is 0 Å². The Morgan fingerprint density at radius 1 is 1.12 bits per heavy atom. The molecule has 1 unspecified atom stereocenters. The number of phenols is 2. The zero-order chi connectivity index (χ0) is 19.3. The first-order valence-corrected chi connectivity index (χ1v) is 8.84. The number of aliphatic hydroxyl groups is 1. The summed E-state index contributed by atoms with van der Waals surface area (Å²) in [6.07, 6.45) is 5.71. The first-order valence-electron chi connectivity index (χ1n) is 8.84. The molecule has 4 heteroatoms. The molecule has 1 atom stereocenters. The minimum atomic E-state index is -0.0332. The van der Waals surface area contributed by atoms with Crippen LogP contribution in [0.1, 0.15) is 41.2 Å². The average molecular weight is 356 g/mol. The van der Waals surface area contributed by atoms with Crippen LogP contribution in [0.3, 0.4) is 0 Å². The fraction of sp³-hybridized carbons (Fsp3) is 0.364. The summed E-state index contributed by atoms with van der Waals surface area (Å²) in [7, 11) is 1.62. The molecule has 0 fully saturated rings. The Morgan fingerprint density at radius 2 is 1.85 bits per heavy atom. The van der Waals surface area contributed by atoms with Crippen molar-refractivity contribution in [1.29, 1.82) is 0 Å². The van der Waals surface area contributed by atoms with E-state index in [9.17, 15) is 15.3 Å². The number of allylic oxidation sites excluding steroid dienone is 1. The smallest absolute Gasteiger partial charge is 0.124 e. The summed E-state index contributed by atoms with van der Waals surface area (Å²) >= 11 is 0. The standard InChI is InChI=1S/C22H28O4/c1-14(5-7-17-12-18(24)8-10-21(17)25)6-9-19-15(2)11-22(26-4)20(13-23)16(19)3/h5,7-8,10-12,14,23-25H,6,9,13H2,1-4H3/b7-5-. The maximum absolute atomic E-state index is 9.84. The molecule has 2 aromatic carbocycles. The lowest BCUT2D eigenvalue weighted by molar-refractivity contribution is 0.272. The van der Waals surface area contributed by atoms with Crippen molar-refractivity contribution in [2.75, 3.05) is 7.11 Å². The highest BCUT2D eigenvalue weighted by atomic mass is 16.5. The Balaban J connectivity index is 2.11. The van der Waals surface area contributed by atoms with E-state index in [4.69, 9.17) is 4.74 Å². The van der Waals surface area contributed by atoms with Crippen molar-refractivity contribution >= 4 is 6.08 Å². The van der Waals surface area contributed by atoms with Gasteiger partial charge in [0.05, 0.1) is 13.7 Å². The van der Waals surface area contributed by atoms with Gasteiger partial charge in [-0.3, -0.25) is 0 Å². The van der Waals surface area contributed by atoms with Crippen molar-refractivity contribution in [3.63, 3.8) is 0 Å². The quantitative estimate of drug-likeness (QED) is 0.639. The third kappa shape index (κ3) is 4.58. The van der Waals surface area contributed by atoms with E-state index < -0.39 is 0 Å². The SMILES string of the molecule is COc1cc(C)c(CCC(C)/C=C\c2cc(O)ccc2O)c(C)c1CO. The molecule has 4 nitrogen and oxygen atoms in total. The number of benzene rings is 2. The van der Waals surface area contributed by atoms with Gasteiger partial charge in [0.2, 0.25) is 0 Å². The van der Waals surface area contributed by atoms with Crippen molar-refractivity contribution in [3.8, 4) is 17.2 Å². The van der Waals surface area contributed by atoms with Gasteiger partial charge >= 0.3 is 0 Å². The number of ether oxygens (including phenoxy) is 1. The summed E-state index contributed by atoms with van der Waals surface area (Å²) in [4.78, 5) is 0. The molecule has 0 aromatic heterocycles. The zero-order valence-corrected chi connectivity index (χ0v) is 15.9. The fourth-order valence-electron chi connectivity index (χ4n) is 3.21. The van der Waals surface area contributed by atoms with Gasteiger partial charge in [-0.1, -0.05) is 19.1 Å². The van der Waals surface area contributed by atoms with Gasteiger partial charge in [-0.15, -0.1) is 0 Å². The van der Waals surface area contributed by atoms with E-state index >= 15 is 0 Å². The van der Waals surface area contributed by atoms with Crippen LogP contribution >= 0.6 is 0 Å². The number of phenolic OH excluding ortho intramolecular Hbond substituents is 2. The van der Waals surface area contributed by atoms with Crippen molar-refractivity contribution in [1.82, 2.24) is 0 Å². The third-order valence-electron chi connectivity index (χ3n) is 4.87. The van der Waals surface area contributed by atoms with E-state index in [0.717, 1.165) is 29.7 Å². The Bertz CT molecular complexity index is 793. The number of rotatable bonds is 7. The topological polar surface area (TPSA) is 69.9 Å². The van der Waals surface area contributed by atoms with Gasteiger partial charge in [-0.05, 0) is 73.6 Å². The highest BCUT2D eigenvalue weighted by Gasteiger charge is 2.13. The molecule has 3 N–H and O–H groups in total. The van der Waals surface area contributed by atoms with E-state index in [1.165, 1.54) is 23.3 Å². The van der Waals surface area contributed by atoms with Crippen LogP contribution in [0.25, 0.3) is 6.08 Å². The van der Waals surface area contributed by atoms with Crippen LogP contribution in [0.2, 0.25) is 0 Å². The number of aryl methyl sites for hydroxylation is 1. The molecule has 0 radical (unpaired) electrons. The zero-order valence-electron chi connectivity index (χ0n) is 15.9. The molecule has 2 aromatic rings.